The Morgan fingerprint density at radius 1 is 1.21 bits per heavy atom. The number of methoxy groups -OCH3 is 2. The van der Waals surface area contributed by atoms with Crippen molar-refractivity contribution in [2.24, 2.45) is 5.92 Å². The number of tetrazole rings is 1. The second-order valence-electron chi connectivity index (χ2n) is 9.49. The van der Waals surface area contributed by atoms with Gasteiger partial charge in [0.2, 0.25) is 23.0 Å². The summed E-state index contributed by atoms with van der Waals surface area (Å²) >= 11 is 6.44. The Morgan fingerprint density at radius 3 is 2.58 bits per heavy atom. The van der Waals surface area contributed by atoms with Gasteiger partial charge in [-0.3, -0.25) is 9.59 Å². The maximum absolute atomic E-state index is 13.7. The second kappa shape index (κ2) is 9.32. The third-order valence-corrected chi connectivity index (χ3v) is 7.11. The number of allylic oxidation sites excluding steroid dienone is 1. The van der Waals surface area contributed by atoms with Crippen molar-refractivity contribution < 1.29 is 28.9 Å². The number of nitrogens with one attached hydrogen (secondary N) is 1. The van der Waals surface area contributed by atoms with Gasteiger partial charge in [-0.1, -0.05) is 18.5 Å². The highest BCUT2D eigenvalue weighted by atomic mass is 35.5. The number of ether oxygens (including phenoxy) is 3. The molecule has 2 aromatic carbocycles. The van der Waals surface area contributed by atoms with Crippen molar-refractivity contribution in [2.75, 3.05) is 19.5 Å². The summed E-state index contributed by atoms with van der Waals surface area (Å²) in [6.45, 7) is 5.62. The smallest absolute Gasteiger partial charge is 0.236 e. The molecule has 1 aliphatic heterocycles. The molecule has 1 aromatic heterocycles. The summed E-state index contributed by atoms with van der Waals surface area (Å²) in [4.78, 5) is 28.7. The second-order valence-corrected chi connectivity index (χ2v) is 9.87. The van der Waals surface area contributed by atoms with Gasteiger partial charge in [-0.2, -0.15) is 4.80 Å². The van der Waals surface area contributed by atoms with Gasteiger partial charge in [0, 0.05) is 29.3 Å². The van der Waals surface area contributed by atoms with Crippen LogP contribution in [0.1, 0.15) is 43.6 Å². The predicted octanol–water partition coefficient (Wildman–Crippen LogP) is 4.22. The number of ketones is 2. The molecule has 11 nitrogen and oxygen atoms in total. The number of phenols is 1. The maximum atomic E-state index is 13.7. The number of aromatic nitrogens is 4. The summed E-state index contributed by atoms with van der Waals surface area (Å²) in [5.74, 6) is -0.750. The molecule has 1 spiro atoms. The van der Waals surface area contributed by atoms with E-state index in [0.717, 1.165) is 0 Å². The zero-order valence-corrected chi connectivity index (χ0v) is 22.2. The van der Waals surface area contributed by atoms with Gasteiger partial charge in [-0.05, 0) is 43.7 Å². The lowest BCUT2D eigenvalue weighted by molar-refractivity contribution is -0.129. The number of Topliss-reactive ketones (excluding diaryl/α,β-unsaturated/α-hetero) is 1. The molecule has 198 valence electrons. The molecule has 3 aromatic rings. The molecular formula is C26H26ClN5O6. The third kappa shape index (κ3) is 3.85. The van der Waals surface area contributed by atoms with Gasteiger partial charge in [0.25, 0.3) is 0 Å². The molecule has 5 rings (SSSR count). The molecule has 2 N–H and O–H groups in total. The van der Waals surface area contributed by atoms with Crippen LogP contribution in [0.5, 0.6) is 23.0 Å². The number of carbonyl (C=O) groups is 2. The van der Waals surface area contributed by atoms with Crippen LogP contribution in [-0.4, -0.2) is 56.7 Å². The normalized spacial score (nSPS) is 20.4. The molecule has 0 fully saturated rings. The molecule has 2 atom stereocenters. The van der Waals surface area contributed by atoms with Crippen LogP contribution in [0.4, 0.5) is 5.69 Å². The molecule has 0 bridgehead atoms. The molecule has 0 amide bonds. The zero-order chi connectivity index (χ0) is 27.4. The number of benzene rings is 2. The molecule has 1 aliphatic carbocycles. The van der Waals surface area contributed by atoms with Crippen LogP contribution in [0.3, 0.4) is 0 Å². The zero-order valence-electron chi connectivity index (χ0n) is 21.4. The summed E-state index contributed by atoms with van der Waals surface area (Å²) in [7, 11) is 2.84. The van der Waals surface area contributed by atoms with E-state index in [4.69, 9.17) is 25.8 Å². The van der Waals surface area contributed by atoms with Gasteiger partial charge in [0.1, 0.15) is 27.8 Å². The van der Waals surface area contributed by atoms with E-state index >= 15 is 0 Å². The molecule has 0 saturated carbocycles. The summed E-state index contributed by atoms with van der Waals surface area (Å²) in [5.41, 5.74) is -0.204. The van der Waals surface area contributed by atoms with E-state index in [2.05, 4.69) is 20.7 Å². The summed E-state index contributed by atoms with van der Waals surface area (Å²) < 4.78 is 16.7. The lowest BCUT2D eigenvalue weighted by Gasteiger charge is -2.35. The highest BCUT2D eigenvalue weighted by molar-refractivity contribution is 6.36. The Balaban J connectivity index is 1.46. The predicted molar refractivity (Wildman–Crippen MR) is 138 cm³/mol. The number of carbonyl (C=O) groups excluding carboxylic acids is 2. The average molecular weight is 540 g/mol. The minimum atomic E-state index is -1.79. The number of hydrogen-bond acceptors (Lipinski definition) is 10. The van der Waals surface area contributed by atoms with Gasteiger partial charge in [-0.15, -0.1) is 10.2 Å². The molecule has 12 heteroatoms. The first kappa shape index (κ1) is 25.5. The maximum Gasteiger partial charge on any atom is 0.236 e. The first-order chi connectivity index (χ1) is 18.1. The Labute approximate surface area is 223 Å². The van der Waals surface area contributed by atoms with E-state index < -0.39 is 23.1 Å². The van der Waals surface area contributed by atoms with Gasteiger partial charge in [0.15, 0.2) is 5.75 Å². The minimum absolute atomic E-state index is 0.0319. The molecule has 2 heterocycles. The van der Waals surface area contributed by atoms with Gasteiger partial charge >= 0.3 is 0 Å². The standard InChI is InChI=1S/C26H26ClN5O6/c1-12(2)32-30-25(29-31-32)14-6-7-17(33)16(9-14)28-15-8-13(3)26(20(34)10-15)24(35)21-18(36-4)11-19(37-5)22(27)23(21)38-26/h6-7,9-13,28,33H,8H2,1-5H3. The highest BCUT2D eigenvalue weighted by Gasteiger charge is 2.60. The van der Waals surface area contributed by atoms with E-state index in [-0.39, 0.29) is 46.0 Å². The van der Waals surface area contributed by atoms with Crippen molar-refractivity contribution in [2.45, 2.75) is 38.8 Å². The molecule has 0 saturated heterocycles. The molecule has 38 heavy (non-hydrogen) atoms. The van der Waals surface area contributed by atoms with E-state index in [1.807, 2.05) is 13.8 Å². The molecule has 0 radical (unpaired) electrons. The first-order valence-corrected chi connectivity index (χ1v) is 12.3. The van der Waals surface area contributed by atoms with Crippen LogP contribution < -0.4 is 19.5 Å². The summed E-state index contributed by atoms with van der Waals surface area (Å²) in [6.07, 6.45) is 1.59. The number of nitrogens with zero attached hydrogens (tertiary/aromatic N) is 4. The number of halogens is 1. The van der Waals surface area contributed by atoms with Crippen LogP contribution in [0.2, 0.25) is 5.02 Å². The van der Waals surface area contributed by atoms with Crippen molar-refractivity contribution in [3.05, 3.63) is 46.6 Å². The Hall–Kier alpha value is -4.12. The quantitative estimate of drug-likeness (QED) is 0.346. The third-order valence-electron chi connectivity index (χ3n) is 6.75. The van der Waals surface area contributed by atoms with Crippen molar-refractivity contribution >= 4 is 28.9 Å². The average Bonchev–Trinajstić information content (AvgIpc) is 3.50. The Morgan fingerprint density at radius 2 is 1.95 bits per heavy atom. The highest BCUT2D eigenvalue weighted by Crippen LogP contribution is 2.53. The fourth-order valence-electron chi connectivity index (χ4n) is 4.72. The van der Waals surface area contributed by atoms with Gasteiger partial charge in [-0.25, -0.2) is 0 Å². The Kier molecular flexibility index (Phi) is 6.26. The van der Waals surface area contributed by atoms with E-state index in [0.29, 0.717) is 22.8 Å². The largest absolute Gasteiger partial charge is 0.506 e. The van der Waals surface area contributed by atoms with E-state index in [9.17, 15) is 14.7 Å². The SMILES string of the molecule is COc1cc(OC)c2c(c1Cl)OC1(C(=O)C=C(Nc3cc(-c4nnn(C(C)C)n4)ccc3O)CC1C)C2=O. The number of anilines is 1. The molecular weight excluding hydrogens is 514 g/mol. The monoisotopic (exact) mass is 539 g/mol. The number of hydrogen-bond donors (Lipinski definition) is 2. The van der Waals surface area contributed by atoms with Crippen LogP contribution in [0, 0.1) is 5.92 Å². The van der Waals surface area contributed by atoms with E-state index in [1.165, 1.54) is 37.2 Å². The van der Waals surface area contributed by atoms with Crippen molar-refractivity contribution in [1.29, 1.82) is 0 Å². The summed E-state index contributed by atoms with van der Waals surface area (Å²) in [5, 5.41) is 26.2. The minimum Gasteiger partial charge on any atom is -0.506 e. The van der Waals surface area contributed by atoms with Crippen LogP contribution >= 0.6 is 11.6 Å². The van der Waals surface area contributed by atoms with Gasteiger partial charge < -0.3 is 24.6 Å². The Bertz CT molecular complexity index is 1500. The first-order valence-electron chi connectivity index (χ1n) is 11.9. The van der Waals surface area contributed by atoms with Crippen LogP contribution in [0.15, 0.2) is 36.0 Å². The van der Waals surface area contributed by atoms with Crippen molar-refractivity contribution in [3.63, 3.8) is 0 Å². The number of phenolic OH excluding ortho intramolecular Hbond substituents is 1. The van der Waals surface area contributed by atoms with Crippen molar-refractivity contribution in [3.8, 4) is 34.4 Å². The fourth-order valence-corrected chi connectivity index (χ4v) is 4.99. The van der Waals surface area contributed by atoms with Crippen LogP contribution in [-0.2, 0) is 4.79 Å². The number of aromatic hydroxyl groups is 1. The van der Waals surface area contributed by atoms with Gasteiger partial charge in [0.05, 0.1) is 25.9 Å². The van der Waals surface area contributed by atoms with Crippen molar-refractivity contribution in [1.82, 2.24) is 20.2 Å². The molecule has 2 unspecified atom stereocenters. The number of rotatable bonds is 6. The van der Waals surface area contributed by atoms with E-state index in [1.54, 1.807) is 19.1 Å². The van der Waals surface area contributed by atoms with Crippen LogP contribution in [0.25, 0.3) is 11.4 Å². The molecule has 2 aliphatic rings. The lowest BCUT2D eigenvalue weighted by Crippen LogP contribution is -2.55. The number of fused-ring (bicyclic) bond motifs is 1. The topological polar surface area (TPSA) is 138 Å². The summed E-state index contributed by atoms with van der Waals surface area (Å²) in [6, 6.07) is 6.38. The fraction of sp³-hybridized carbons (Fsp3) is 0.346. The lowest BCUT2D eigenvalue weighted by atomic mass is 9.74.